The van der Waals surface area contributed by atoms with Crippen molar-refractivity contribution >= 4 is 33.5 Å². The number of anilines is 1. The summed E-state index contributed by atoms with van der Waals surface area (Å²) in [5.41, 5.74) is 3.30. The normalized spacial score (nSPS) is 10.2. The van der Waals surface area contributed by atoms with Gasteiger partial charge in [0.1, 0.15) is 5.75 Å². The minimum atomic E-state index is -0.435. The summed E-state index contributed by atoms with van der Waals surface area (Å²) in [5.74, 6) is -0.221. The summed E-state index contributed by atoms with van der Waals surface area (Å²) in [7, 11) is 1.32. The average Bonchev–Trinajstić information content (AvgIpc) is 2.57. The average molecular weight is 392 g/mol. The Morgan fingerprint density at radius 2 is 1.92 bits per heavy atom. The monoisotopic (exact) mass is 391 g/mol. The quantitative estimate of drug-likeness (QED) is 0.785. The Hall–Kier alpha value is -2.34. The number of carbonyl (C=O) groups is 2. The highest BCUT2D eigenvalue weighted by atomic mass is 79.9. The van der Waals surface area contributed by atoms with Gasteiger partial charge in [-0.3, -0.25) is 4.79 Å². The van der Waals surface area contributed by atoms with E-state index >= 15 is 0 Å². The lowest BCUT2D eigenvalue weighted by molar-refractivity contribution is -0.118. The molecule has 0 saturated carbocycles. The van der Waals surface area contributed by atoms with Crippen LogP contribution in [0.15, 0.2) is 40.9 Å². The molecule has 0 aliphatic rings. The van der Waals surface area contributed by atoms with Crippen LogP contribution >= 0.6 is 15.9 Å². The van der Waals surface area contributed by atoms with Crippen molar-refractivity contribution in [3.63, 3.8) is 0 Å². The van der Waals surface area contributed by atoms with Crippen LogP contribution < -0.4 is 10.1 Å². The molecule has 0 bridgehead atoms. The topological polar surface area (TPSA) is 64.6 Å². The van der Waals surface area contributed by atoms with Gasteiger partial charge in [0.25, 0.3) is 5.91 Å². The van der Waals surface area contributed by atoms with Crippen molar-refractivity contribution in [3.05, 3.63) is 57.6 Å². The summed E-state index contributed by atoms with van der Waals surface area (Å²) in [4.78, 5) is 23.5. The minimum absolute atomic E-state index is 0.135. The van der Waals surface area contributed by atoms with Crippen LogP contribution in [0.1, 0.15) is 21.5 Å². The number of nitrogens with one attached hydrogen (secondary N) is 1. The number of hydrogen-bond donors (Lipinski definition) is 1. The lowest BCUT2D eigenvalue weighted by Gasteiger charge is -2.12. The van der Waals surface area contributed by atoms with Gasteiger partial charge in [0.2, 0.25) is 0 Å². The third kappa shape index (κ3) is 4.35. The zero-order valence-corrected chi connectivity index (χ0v) is 15.3. The van der Waals surface area contributed by atoms with Crippen molar-refractivity contribution < 1.29 is 19.1 Å². The van der Waals surface area contributed by atoms with E-state index in [9.17, 15) is 9.59 Å². The molecular formula is C18H18BrNO4. The molecule has 0 aliphatic carbocycles. The standard InChI is InChI=1S/C18H18BrNO4/c1-11-5-4-6-15(12(11)2)20-17(21)10-24-16-8-7-13(9-14(16)19)18(22)23-3/h4-9H,10H2,1-3H3,(H,20,21). The Morgan fingerprint density at radius 3 is 2.58 bits per heavy atom. The molecule has 0 spiro atoms. The maximum absolute atomic E-state index is 12.1. The molecule has 2 aromatic rings. The van der Waals surface area contributed by atoms with Crippen LogP contribution in [-0.2, 0) is 9.53 Å². The number of aryl methyl sites for hydroxylation is 1. The van der Waals surface area contributed by atoms with Crippen LogP contribution in [0.2, 0.25) is 0 Å². The number of halogens is 1. The highest BCUT2D eigenvalue weighted by Gasteiger charge is 2.11. The first kappa shape index (κ1) is 18.0. The summed E-state index contributed by atoms with van der Waals surface area (Å²) in [6, 6.07) is 10.5. The predicted octanol–water partition coefficient (Wildman–Crippen LogP) is 3.87. The Bertz CT molecular complexity index is 774. The molecule has 24 heavy (non-hydrogen) atoms. The number of methoxy groups -OCH3 is 1. The van der Waals surface area contributed by atoms with E-state index in [1.165, 1.54) is 7.11 Å². The molecule has 126 valence electrons. The Kier molecular flexibility index (Phi) is 5.98. The fraction of sp³-hybridized carbons (Fsp3) is 0.222. The van der Waals surface area contributed by atoms with Gasteiger partial charge in [-0.05, 0) is 65.2 Å². The van der Waals surface area contributed by atoms with Crippen LogP contribution in [0.25, 0.3) is 0 Å². The smallest absolute Gasteiger partial charge is 0.337 e. The molecule has 0 aromatic heterocycles. The third-order valence-electron chi connectivity index (χ3n) is 3.59. The lowest BCUT2D eigenvalue weighted by atomic mass is 10.1. The minimum Gasteiger partial charge on any atom is -0.483 e. The van der Waals surface area contributed by atoms with E-state index in [0.717, 1.165) is 16.8 Å². The van der Waals surface area contributed by atoms with E-state index in [2.05, 4.69) is 26.0 Å². The maximum Gasteiger partial charge on any atom is 0.337 e. The van der Waals surface area contributed by atoms with Gasteiger partial charge in [0.15, 0.2) is 6.61 Å². The maximum atomic E-state index is 12.1. The van der Waals surface area contributed by atoms with Crippen molar-refractivity contribution in [2.45, 2.75) is 13.8 Å². The molecule has 6 heteroatoms. The van der Waals surface area contributed by atoms with Gasteiger partial charge in [0.05, 0.1) is 17.1 Å². The van der Waals surface area contributed by atoms with Gasteiger partial charge in [0, 0.05) is 5.69 Å². The molecule has 0 fully saturated rings. The zero-order chi connectivity index (χ0) is 17.7. The highest BCUT2D eigenvalue weighted by Crippen LogP contribution is 2.26. The van der Waals surface area contributed by atoms with Gasteiger partial charge in [-0.1, -0.05) is 12.1 Å². The number of esters is 1. The van der Waals surface area contributed by atoms with Crippen molar-refractivity contribution in [2.75, 3.05) is 19.0 Å². The first-order valence-electron chi connectivity index (χ1n) is 7.29. The van der Waals surface area contributed by atoms with Crippen molar-refractivity contribution in [1.29, 1.82) is 0 Å². The van der Waals surface area contributed by atoms with Crippen LogP contribution in [0, 0.1) is 13.8 Å². The van der Waals surface area contributed by atoms with Gasteiger partial charge >= 0.3 is 5.97 Å². The summed E-state index contributed by atoms with van der Waals surface area (Å²) in [6.45, 7) is 3.80. The molecule has 0 heterocycles. The van der Waals surface area contributed by atoms with Crippen LogP contribution in [-0.4, -0.2) is 25.6 Å². The molecule has 0 unspecified atom stereocenters. The second kappa shape index (κ2) is 7.97. The second-order valence-electron chi connectivity index (χ2n) is 5.22. The van der Waals surface area contributed by atoms with Gasteiger partial charge in [-0.2, -0.15) is 0 Å². The van der Waals surface area contributed by atoms with Crippen LogP contribution in [0.5, 0.6) is 5.75 Å². The largest absolute Gasteiger partial charge is 0.483 e. The number of hydrogen-bond acceptors (Lipinski definition) is 4. The van der Waals surface area contributed by atoms with Gasteiger partial charge in [-0.25, -0.2) is 4.79 Å². The number of benzene rings is 2. The molecule has 2 rings (SSSR count). The Labute approximate surface area is 149 Å². The SMILES string of the molecule is COC(=O)c1ccc(OCC(=O)Nc2cccc(C)c2C)c(Br)c1. The fourth-order valence-corrected chi connectivity index (χ4v) is 2.57. The molecule has 0 saturated heterocycles. The number of carbonyl (C=O) groups excluding carboxylic acids is 2. The zero-order valence-electron chi connectivity index (χ0n) is 13.7. The fourth-order valence-electron chi connectivity index (χ4n) is 2.08. The molecular weight excluding hydrogens is 374 g/mol. The van der Waals surface area contributed by atoms with E-state index in [0.29, 0.717) is 15.8 Å². The van der Waals surface area contributed by atoms with Crippen molar-refractivity contribution in [1.82, 2.24) is 0 Å². The van der Waals surface area contributed by atoms with E-state index in [4.69, 9.17) is 4.74 Å². The van der Waals surface area contributed by atoms with Crippen LogP contribution in [0.4, 0.5) is 5.69 Å². The molecule has 1 N–H and O–H groups in total. The molecule has 0 radical (unpaired) electrons. The molecule has 2 aromatic carbocycles. The van der Waals surface area contributed by atoms with E-state index in [-0.39, 0.29) is 12.5 Å². The summed E-state index contributed by atoms with van der Waals surface area (Å²) >= 11 is 3.32. The Balaban J connectivity index is 1.99. The lowest BCUT2D eigenvalue weighted by Crippen LogP contribution is -2.21. The third-order valence-corrected chi connectivity index (χ3v) is 4.21. The van der Waals surface area contributed by atoms with Crippen molar-refractivity contribution in [2.24, 2.45) is 0 Å². The van der Waals surface area contributed by atoms with Gasteiger partial charge < -0.3 is 14.8 Å². The van der Waals surface area contributed by atoms with Crippen molar-refractivity contribution in [3.8, 4) is 5.75 Å². The van der Waals surface area contributed by atoms with E-state index < -0.39 is 5.97 Å². The van der Waals surface area contributed by atoms with E-state index in [1.807, 2.05) is 32.0 Å². The first-order chi connectivity index (χ1) is 11.4. The second-order valence-corrected chi connectivity index (χ2v) is 6.08. The first-order valence-corrected chi connectivity index (χ1v) is 8.08. The number of rotatable bonds is 5. The van der Waals surface area contributed by atoms with E-state index in [1.54, 1.807) is 18.2 Å². The number of ether oxygens (including phenoxy) is 2. The molecule has 0 atom stereocenters. The summed E-state index contributed by atoms with van der Waals surface area (Å²) < 4.78 is 10.7. The summed E-state index contributed by atoms with van der Waals surface area (Å²) in [6.07, 6.45) is 0. The predicted molar refractivity (Wildman–Crippen MR) is 95.5 cm³/mol. The van der Waals surface area contributed by atoms with Crippen LogP contribution in [0.3, 0.4) is 0 Å². The highest BCUT2D eigenvalue weighted by molar-refractivity contribution is 9.10. The molecule has 0 aliphatic heterocycles. The summed E-state index contributed by atoms with van der Waals surface area (Å²) in [5, 5.41) is 2.83. The Morgan fingerprint density at radius 1 is 1.17 bits per heavy atom. The molecule has 1 amide bonds. The molecule has 5 nitrogen and oxygen atoms in total. The number of amides is 1. The van der Waals surface area contributed by atoms with Gasteiger partial charge in [-0.15, -0.1) is 0 Å².